The Bertz CT molecular complexity index is 633. The van der Waals surface area contributed by atoms with Gasteiger partial charge in [0.05, 0.1) is 5.69 Å². The third-order valence-electron chi connectivity index (χ3n) is 3.20. The van der Waals surface area contributed by atoms with Crippen LogP contribution in [0.2, 0.25) is 0 Å². The van der Waals surface area contributed by atoms with Gasteiger partial charge in [0, 0.05) is 17.7 Å². The number of H-pyrrole nitrogens is 1. The molecule has 5 nitrogen and oxygen atoms in total. The van der Waals surface area contributed by atoms with Gasteiger partial charge in [0.15, 0.2) is 0 Å². The Kier molecular flexibility index (Phi) is 3.66. The molecule has 0 bridgehead atoms. The molecule has 1 atom stereocenters. The number of benzene rings is 1. The van der Waals surface area contributed by atoms with Gasteiger partial charge in [-0.15, -0.1) is 0 Å². The average molecular weight is 258 g/mol. The molecule has 0 spiro atoms. The quantitative estimate of drug-likeness (QED) is 0.877. The number of nitrogens with one attached hydrogen (secondary N) is 1. The second-order valence-electron chi connectivity index (χ2n) is 4.78. The maximum atomic E-state index is 11.4. The summed E-state index contributed by atoms with van der Waals surface area (Å²) in [7, 11) is 4.06. The van der Waals surface area contributed by atoms with Gasteiger partial charge < -0.3 is 10.6 Å². The fourth-order valence-corrected chi connectivity index (χ4v) is 1.88. The largest absolute Gasteiger partial charge is 0.369 e. The fraction of sp³-hybridized carbons (Fsp3) is 0.286. The average Bonchev–Trinajstić information content (AvgIpc) is 2.36. The van der Waals surface area contributed by atoms with Crippen molar-refractivity contribution in [2.75, 3.05) is 19.8 Å². The Morgan fingerprint density at radius 1 is 1.32 bits per heavy atom. The zero-order valence-corrected chi connectivity index (χ0v) is 11.3. The van der Waals surface area contributed by atoms with Crippen molar-refractivity contribution in [2.24, 2.45) is 0 Å². The van der Waals surface area contributed by atoms with Crippen molar-refractivity contribution in [3.8, 4) is 11.3 Å². The lowest BCUT2D eigenvalue weighted by Gasteiger charge is -2.20. The SMILES string of the molecule is C[C@H](c1cccc(-c2cc(=O)[nH]c(N)n2)c1)N(C)C. The van der Waals surface area contributed by atoms with Crippen LogP contribution in [0.1, 0.15) is 18.5 Å². The van der Waals surface area contributed by atoms with E-state index in [1.807, 2.05) is 32.3 Å². The summed E-state index contributed by atoms with van der Waals surface area (Å²) >= 11 is 0. The fourth-order valence-electron chi connectivity index (χ4n) is 1.88. The van der Waals surface area contributed by atoms with Crippen molar-refractivity contribution >= 4 is 5.95 Å². The molecule has 0 radical (unpaired) electrons. The van der Waals surface area contributed by atoms with Gasteiger partial charge in [0.1, 0.15) is 0 Å². The molecule has 0 aliphatic heterocycles. The first-order valence-corrected chi connectivity index (χ1v) is 6.11. The van der Waals surface area contributed by atoms with E-state index in [2.05, 4.69) is 27.9 Å². The van der Waals surface area contributed by atoms with Crippen LogP contribution in [0.25, 0.3) is 11.3 Å². The topological polar surface area (TPSA) is 75.0 Å². The van der Waals surface area contributed by atoms with Crippen LogP contribution >= 0.6 is 0 Å². The highest BCUT2D eigenvalue weighted by Crippen LogP contribution is 2.23. The molecule has 5 heteroatoms. The van der Waals surface area contributed by atoms with Crippen LogP contribution < -0.4 is 11.3 Å². The zero-order valence-electron chi connectivity index (χ0n) is 11.3. The molecule has 2 aromatic rings. The van der Waals surface area contributed by atoms with Crippen molar-refractivity contribution in [1.82, 2.24) is 14.9 Å². The molecular formula is C14H18N4O. The number of hydrogen-bond donors (Lipinski definition) is 2. The Labute approximate surface area is 112 Å². The van der Waals surface area contributed by atoms with Crippen LogP contribution in [0, 0.1) is 0 Å². The van der Waals surface area contributed by atoms with Crippen molar-refractivity contribution in [1.29, 1.82) is 0 Å². The van der Waals surface area contributed by atoms with Crippen LogP contribution in [-0.2, 0) is 0 Å². The summed E-state index contributed by atoms with van der Waals surface area (Å²) in [6, 6.07) is 9.72. The molecule has 0 aliphatic carbocycles. The maximum absolute atomic E-state index is 11.4. The lowest BCUT2D eigenvalue weighted by molar-refractivity contribution is 0.321. The van der Waals surface area contributed by atoms with E-state index in [1.54, 1.807) is 0 Å². The van der Waals surface area contributed by atoms with Gasteiger partial charge in [0.25, 0.3) is 5.56 Å². The van der Waals surface area contributed by atoms with Crippen LogP contribution in [0.15, 0.2) is 35.1 Å². The number of nitrogens with two attached hydrogens (primary N) is 1. The van der Waals surface area contributed by atoms with Crippen LogP contribution in [0.5, 0.6) is 0 Å². The van der Waals surface area contributed by atoms with E-state index in [1.165, 1.54) is 11.6 Å². The minimum absolute atomic E-state index is 0.133. The van der Waals surface area contributed by atoms with Gasteiger partial charge in [-0.1, -0.05) is 18.2 Å². The number of nitrogen functional groups attached to an aromatic ring is 1. The van der Waals surface area contributed by atoms with Gasteiger partial charge in [0.2, 0.25) is 5.95 Å². The van der Waals surface area contributed by atoms with E-state index in [9.17, 15) is 4.79 Å². The first kappa shape index (κ1) is 13.3. The third kappa shape index (κ3) is 3.00. The predicted molar refractivity (Wildman–Crippen MR) is 76.8 cm³/mol. The number of aromatic nitrogens is 2. The first-order valence-electron chi connectivity index (χ1n) is 6.11. The standard InChI is InChI=1S/C14H18N4O/c1-9(18(2)3)10-5-4-6-11(7-10)12-8-13(19)17-14(15)16-12/h4-9H,1-3H3,(H3,15,16,17,19)/t9-/m1/s1. The molecule has 1 heterocycles. The number of anilines is 1. The maximum Gasteiger partial charge on any atom is 0.252 e. The number of rotatable bonds is 3. The normalized spacial score (nSPS) is 12.6. The Morgan fingerprint density at radius 2 is 2.05 bits per heavy atom. The minimum atomic E-state index is -0.242. The Balaban J connectivity index is 2.46. The third-order valence-corrected chi connectivity index (χ3v) is 3.20. The van der Waals surface area contributed by atoms with Crippen LogP contribution in [0.4, 0.5) is 5.95 Å². The van der Waals surface area contributed by atoms with Gasteiger partial charge in [-0.05, 0) is 32.6 Å². The highest BCUT2D eigenvalue weighted by Gasteiger charge is 2.09. The molecule has 0 aliphatic rings. The molecule has 1 aromatic carbocycles. The van der Waals surface area contributed by atoms with Gasteiger partial charge in [-0.25, -0.2) is 4.98 Å². The van der Waals surface area contributed by atoms with Crippen molar-refractivity contribution in [3.05, 3.63) is 46.2 Å². The summed E-state index contributed by atoms with van der Waals surface area (Å²) in [6.45, 7) is 2.12. The van der Waals surface area contributed by atoms with Crippen LogP contribution in [-0.4, -0.2) is 29.0 Å². The Hall–Kier alpha value is -2.14. The lowest BCUT2D eigenvalue weighted by atomic mass is 10.0. The molecule has 0 fully saturated rings. The van der Waals surface area contributed by atoms with Crippen LogP contribution in [0.3, 0.4) is 0 Å². The van der Waals surface area contributed by atoms with Crippen molar-refractivity contribution < 1.29 is 0 Å². The summed E-state index contributed by atoms with van der Waals surface area (Å²) in [5.41, 5.74) is 7.98. The second kappa shape index (κ2) is 5.24. The summed E-state index contributed by atoms with van der Waals surface area (Å²) in [4.78, 5) is 20.1. The molecule has 0 amide bonds. The summed E-state index contributed by atoms with van der Waals surface area (Å²) in [5.74, 6) is 0.133. The van der Waals surface area contributed by atoms with Gasteiger partial charge in [-0.2, -0.15) is 0 Å². The monoisotopic (exact) mass is 258 g/mol. The number of aromatic amines is 1. The smallest absolute Gasteiger partial charge is 0.252 e. The highest BCUT2D eigenvalue weighted by molar-refractivity contribution is 5.60. The second-order valence-corrected chi connectivity index (χ2v) is 4.78. The van der Waals surface area contributed by atoms with E-state index < -0.39 is 0 Å². The molecule has 0 saturated heterocycles. The summed E-state index contributed by atoms with van der Waals surface area (Å²) in [5, 5.41) is 0. The molecule has 19 heavy (non-hydrogen) atoms. The number of nitrogens with zero attached hydrogens (tertiary/aromatic N) is 2. The molecular weight excluding hydrogens is 240 g/mol. The molecule has 2 rings (SSSR count). The molecule has 1 aromatic heterocycles. The van der Waals surface area contributed by atoms with Crippen molar-refractivity contribution in [3.63, 3.8) is 0 Å². The zero-order chi connectivity index (χ0) is 14.0. The van der Waals surface area contributed by atoms with Gasteiger partial charge in [-0.3, -0.25) is 9.78 Å². The summed E-state index contributed by atoms with van der Waals surface area (Å²) < 4.78 is 0. The Morgan fingerprint density at radius 3 is 2.68 bits per heavy atom. The molecule has 3 N–H and O–H groups in total. The number of hydrogen-bond acceptors (Lipinski definition) is 4. The summed E-state index contributed by atoms with van der Waals surface area (Å²) in [6.07, 6.45) is 0. The van der Waals surface area contributed by atoms with E-state index in [0.29, 0.717) is 11.7 Å². The minimum Gasteiger partial charge on any atom is -0.369 e. The molecule has 100 valence electrons. The highest BCUT2D eigenvalue weighted by atomic mass is 16.1. The van der Waals surface area contributed by atoms with E-state index >= 15 is 0 Å². The van der Waals surface area contributed by atoms with E-state index in [-0.39, 0.29) is 11.5 Å². The van der Waals surface area contributed by atoms with E-state index in [4.69, 9.17) is 5.73 Å². The molecule has 0 saturated carbocycles. The van der Waals surface area contributed by atoms with Gasteiger partial charge >= 0.3 is 0 Å². The molecule has 0 unspecified atom stereocenters. The van der Waals surface area contributed by atoms with Crippen molar-refractivity contribution in [2.45, 2.75) is 13.0 Å². The van der Waals surface area contributed by atoms with E-state index in [0.717, 1.165) is 5.56 Å². The first-order chi connectivity index (χ1) is 8.97. The lowest BCUT2D eigenvalue weighted by Crippen LogP contribution is -2.16. The predicted octanol–water partition coefficient (Wildman–Crippen LogP) is 1.64.